The molecule has 0 radical (unpaired) electrons. The van der Waals surface area contributed by atoms with E-state index in [-0.39, 0.29) is 0 Å². The molecule has 0 saturated carbocycles. The van der Waals surface area contributed by atoms with E-state index < -0.39 is 16.3 Å². The summed E-state index contributed by atoms with van der Waals surface area (Å²) in [7, 11) is -2.64. The largest absolute Gasteiger partial charge is 0.336 e. The molecule has 0 aliphatic heterocycles. The smallest absolute Gasteiger partial charge is 0.261 e. The summed E-state index contributed by atoms with van der Waals surface area (Å²) in [4.78, 5) is 0. The van der Waals surface area contributed by atoms with Gasteiger partial charge in [0.2, 0.25) is 0 Å². The van der Waals surface area contributed by atoms with Crippen molar-refractivity contribution in [2.75, 3.05) is 7.11 Å². The predicted molar refractivity (Wildman–Crippen MR) is 83.7 cm³/mol. The molecule has 1 unspecified atom stereocenters. The van der Waals surface area contributed by atoms with Crippen molar-refractivity contribution in [3.8, 4) is 0 Å². The van der Waals surface area contributed by atoms with Crippen molar-refractivity contribution >= 4 is 16.4 Å². The van der Waals surface area contributed by atoms with E-state index in [1.165, 1.54) is 0 Å². The molecule has 4 nitrogen and oxygen atoms in total. The first-order chi connectivity index (χ1) is 10.1. The van der Waals surface area contributed by atoms with Gasteiger partial charge in [0.25, 0.3) is 0 Å². The van der Waals surface area contributed by atoms with Crippen LogP contribution in [0.15, 0.2) is 66.7 Å². The Labute approximate surface area is 125 Å². The fourth-order valence-electron chi connectivity index (χ4n) is 1.85. The zero-order valence-electron chi connectivity index (χ0n) is 11.6. The van der Waals surface area contributed by atoms with E-state index >= 15 is 0 Å². The minimum Gasteiger partial charge on any atom is -0.261 e. The van der Waals surface area contributed by atoms with Gasteiger partial charge in [-0.3, -0.25) is 4.18 Å². The fraction of sp³-hybridized carbons (Fsp3) is 0.125. The van der Waals surface area contributed by atoms with Crippen LogP contribution in [0.1, 0.15) is 17.2 Å². The van der Waals surface area contributed by atoms with Gasteiger partial charge in [-0.05, 0) is 11.1 Å². The van der Waals surface area contributed by atoms with E-state index in [0.29, 0.717) is 0 Å². The monoisotopic (exact) mass is 303 g/mol. The summed E-state index contributed by atoms with van der Waals surface area (Å²) in [5.74, 6) is 0. The molecule has 0 spiro atoms. The van der Waals surface area contributed by atoms with Crippen LogP contribution in [0.2, 0.25) is 0 Å². The maximum atomic E-state index is 11.6. The fourth-order valence-corrected chi connectivity index (χ4v) is 2.48. The maximum absolute atomic E-state index is 11.6. The highest BCUT2D eigenvalue weighted by Crippen LogP contribution is 2.17. The zero-order valence-corrected chi connectivity index (χ0v) is 12.5. The van der Waals surface area contributed by atoms with Crippen LogP contribution in [0, 0.1) is 0 Å². The summed E-state index contributed by atoms with van der Waals surface area (Å²) >= 11 is 0. The normalized spacial score (nSPS) is 13.4. The summed E-state index contributed by atoms with van der Waals surface area (Å²) in [5, 5.41) is 0. The lowest BCUT2D eigenvalue weighted by Crippen LogP contribution is -2.28. The highest BCUT2D eigenvalue weighted by atomic mass is 32.2. The van der Waals surface area contributed by atoms with Crippen molar-refractivity contribution < 1.29 is 12.6 Å². The minimum absolute atomic E-state index is 0.489. The van der Waals surface area contributed by atoms with E-state index in [4.69, 9.17) is 0 Å². The Morgan fingerprint density at radius 1 is 1.00 bits per heavy atom. The van der Waals surface area contributed by atoms with Gasteiger partial charge in [-0.25, -0.2) is 0 Å². The summed E-state index contributed by atoms with van der Waals surface area (Å²) in [5.41, 5.74) is 1.83. The van der Waals surface area contributed by atoms with Crippen LogP contribution in [0.25, 0.3) is 6.08 Å². The molecule has 5 heteroatoms. The van der Waals surface area contributed by atoms with Crippen LogP contribution < -0.4 is 4.72 Å². The van der Waals surface area contributed by atoms with Crippen LogP contribution in [0.3, 0.4) is 0 Å². The van der Waals surface area contributed by atoms with Crippen molar-refractivity contribution in [3.63, 3.8) is 0 Å². The Balaban J connectivity index is 2.26. The van der Waals surface area contributed by atoms with Crippen molar-refractivity contribution in [1.29, 1.82) is 0 Å². The molecule has 2 aromatic rings. The van der Waals surface area contributed by atoms with Gasteiger partial charge in [-0.15, -0.1) is 0 Å². The van der Waals surface area contributed by atoms with E-state index in [1.54, 1.807) is 6.08 Å². The van der Waals surface area contributed by atoms with Gasteiger partial charge in [-0.1, -0.05) is 72.8 Å². The Morgan fingerprint density at radius 3 is 2.14 bits per heavy atom. The third kappa shape index (κ3) is 4.82. The Bertz CT molecular complexity index is 682. The molecule has 0 bridgehead atoms. The second-order valence-corrected chi connectivity index (χ2v) is 5.87. The molecule has 110 valence electrons. The number of benzene rings is 2. The summed E-state index contributed by atoms with van der Waals surface area (Å²) in [6.45, 7) is 0. The summed E-state index contributed by atoms with van der Waals surface area (Å²) in [6, 6.07) is 18.5. The lowest BCUT2D eigenvalue weighted by molar-refractivity contribution is 0.384. The molecule has 2 rings (SSSR count). The molecule has 0 aliphatic rings. The predicted octanol–water partition coefficient (Wildman–Crippen LogP) is 2.92. The first-order valence-electron chi connectivity index (χ1n) is 6.47. The van der Waals surface area contributed by atoms with Gasteiger partial charge in [0.15, 0.2) is 0 Å². The van der Waals surface area contributed by atoms with Gasteiger partial charge in [0.1, 0.15) is 0 Å². The highest BCUT2D eigenvalue weighted by molar-refractivity contribution is 7.84. The van der Waals surface area contributed by atoms with Crippen LogP contribution in [-0.2, 0) is 14.5 Å². The van der Waals surface area contributed by atoms with E-state index in [0.717, 1.165) is 18.2 Å². The summed E-state index contributed by atoms with van der Waals surface area (Å²) < 4.78 is 30.2. The van der Waals surface area contributed by atoms with Crippen molar-refractivity contribution in [3.05, 3.63) is 77.9 Å². The van der Waals surface area contributed by atoms with Gasteiger partial charge in [-0.2, -0.15) is 13.1 Å². The number of hydrogen-bond acceptors (Lipinski definition) is 3. The second kappa shape index (κ2) is 7.17. The van der Waals surface area contributed by atoms with E-state index in [2.05, 4.69) is 8.91 Å². The van der Waals surface area contributed by atoms with Gasteiger partial charge in [0, 0.05) is 0 Å². The van der Waals surface area contributed by atoms with Crippen LogP contribution in [0.4, 0.5) is 0 Å². The lowest BCUT2D eigenvalue weighted by atomic mass is 10.1. The lowest BCUT2D eigenvalue weighted by Gasteiger charge is -2.14. The molecule has 0 heterocycles. The highest BCUT2D eigenvalue weighted by Gasteiger charge is 2.16. The molecule has 0 saturated heterocycles. The van der Waals surface area contributed by atoms with Crippen LogP contribution >= 0.6 is 0 Å². The molecule has 0 aromatic heterocycles. The SMILES string of the molecule is COS(=O)(=O)NC(/C=C/c1ccccc1)c1ccccc1. The summed E-state index contributed by atoms with van der Waals surface area (Å²) in [6.07, 6.45) is 3.66. The van der Waals surface area contributed by atoms with E-state index in [1.807, 2.05) is 66.7 Å². The number of nitrogens with one attached hydrogen (secondary N) is 1. The average molecular weight is 303 g/mol. The molecular formula is C16H17NO3S. The first-order valence-corrected chi connectivity index (χ1v) is 7.87. The van der Waals surface area contributed by atoms with Crippen LogP contribution in [-0.4, -0.2) is 15.5 Å². The molecular weight excluding hydrogens is 286 g/mol. The van der Waals surface area contributed by atoms with Gasteiger partial charge >= 0.3 is 10.3 Å². The van der Waals surface area contributed by atoms with Gasteiger partial charge in [0.05, 0.1) is 13.2 Å². The maximum Gasteiger partial charge on any atom is 0.336 e. The third-order valence-electron chi connectivity index (χ3n) is 2.93. The average Bonchev–Trinajstić information content (AvgIpc) is 2.53. The molecule has 2 aromatic carbocycles. The molecule has 0 amide bonds. The van der Waals surface area contributed by atoms with Gasteiger partial charge < -0.3 is 0 Å². The Kier molecular flexibility index (Phi) is 5.27. The molecule has 0 fully saturated rings. The van der Waals surface area contributed by atoms with Crippen molar-refractivity contribution in [2.45, 2.75) is 6.04 Å². The zero-order chi connectivity index (χ0) is 15.1. The molecule has 21 heavy (non-hydrogen) atoms. The third-order valence-corrected chi connectivity index (χ3v) is 3.91. The molecule has 1 atom stereocenters. The van der Waals surface area contributed by atoms with Crippen molar-refractivity contribution in [1.82, 2.24) is 4.72 Å². The van der Waals surface area contributed by atoms with Crippen LogP contribution in [0.5, 0.6) is 0 Å². The second-order valence-electron chi connectivity index (χ2n) is 4.40. The van der Waals surface area contributed by atoms with Crippen molar-refractivity contribution in [2.24, 2.45) is 0 Å². The number of rotatable bonds is 6. The first kappa shape index (κ1) is 15.4. The van der Waals surface area contributed by atoms with E-state index in [9.17, 15) is 8.42 Å². The quantitative estimate of drug-likeness (QED) is 0.892. The minimum atomic E-state index is -3.77. The number of hydrogen-bond donors (Lipinski definition) is 1. The standard InChI is InChI=1S/C16H17NO3S/c1-20-21(18,19)17-16(15-10-6-3-7-11-15)13-12-14-8-4-2-5-9-14/h2-13,16-17H,1H3/b13-12+. The molecule has 1 N–H and O–H groups in total. The Morgan fingerprint density at radius 2 is 1.57 bits per heavy atom. The topological polar surface area (TPSA) is 55.4 Å². The molecule has 0 aliphatic carbocycles. The Hall–Kier alpha value is -1.95.